The van der Waals surface area contributed by atoms with Crippen LogP contribution in [0.3, 0.4) is 0 Å². The van der Waals surface area contributed by atoms with E-state index in [1.54, 1.807) is 0 Å². The molecule has 1 nitrogen and oxygen atoms in total. The standard InChI is InChI=1S/C13H20O/c1-11-6-8-13(9-7-11)5-3-4-12(2)10-14/h6-9,12,14H,3-5,10H2,1-2H3/t12-/m0/s1. The van der Waals surface area contributed by atoms with Crippen molar-refractivity contribution in [1.29, 1.82) is 0 Å². The maximum atomic E-state index is 8.87. The Morgan fingerprint density at radius 2 is 1.86 bits per heavy atom. The van der Waals surface area contributed by atoms with Crippen LogP contribution in [-0.2, 0) is 6.42 Å². The molecule has 0 aliphatic rings. The zero-order chi connectivity index (χ0) is 10.4. The Kier molecular flexibility index (Phi) is 4.68. The Morgan fingerprint density at radius 3 is 2.43 bits per heavy atom. The third kappa shape index (κ3) is 3.93. The summed E-state index contributed by atoms with van der Waals surface area (Å²) in [5.41, 5.74) is 2.72. The molecule has 0 bridgehead atoms. The second-order valence-corrected chi connectivity index (χ2v) is 4.17. The fourth-order valence-corrected chi connectivity index (χ4v) is 1.50. The molecular weight excluding hydrogens is 172 g/mol. The molecule has 0 unspecified atom stereocenters. The second-order valence-electron chi connectivity index (χ2n) is 4.17. The lowest BCUT2D eigenvalue weighted by Crippen LogP contribution is -2.00. The average molecular weight is 192 g/mol. The van der Waals surface area contributed by atoms with E-state index in [4.69, 9.17) is 5.11 Å². The predicted molar refractivity (Wildman–Crippen MR) is 60.4 cm³/mol. The fraction of sp³-hybridized carbons (Fsp3) is 0.538. The third-order valence-electron chi connectivity index (χ3n) is 2.59. The van der Waals surface area contributed by atoms with E-state index in [1.165, 1.54) is 17.5 Å². The van der Waals surface area contributed by atoms with E-state index in [1.807, 2.05) is 0 Å². The summed E-state index contributed by atoms with van der Waals surface area (Å²) < 4.78 is 0. The number of benzene rings is 1. The van der Waals surface area contributed by atoms with Crippen molar-refractivity contribution in [2.75, 3.05) is 6.61 Å². The van der Waals surface area contributed by atoms with Gasteiger partial charge in [0.1, 0.15) is 0 Å². The van der Waals surface area contributed by atoms with Crippen LogP contribution in [0.2, 0.25) is 0 Å². The second kappa shape index (κ2) is 5.82. The van der Waals surface area contributed by atoms with Crippen molar-refractivity contribution in [3.63, 3.8) is 0 Å². The minimum Gasteiger partial charge on any atom is -0.396 e. The summed E-state index contributed by atoms with van der Waals surface area (Å²) in [4.78, 5) is 0. The van der Waals surface area contributed by atoms with E-state index < -0.39 is 0 Å². The molecule has 0 radical (unpaired) electrons. The first-order chi connectivity index (χ1) is 6.72. The lowest BCUT2D eigenvalue weighted by atomic mass is 10.0. The van der Waals surface area contributed by atoms with Gasteiger partial charge in [-0.15, -0.1) is 0 Å². The van der Waals surface area contributed by atoms with Crippen LogP contribution in [0, 0.1) is 12.8 Å². The van der Waals surface area contributed by atoms with Gasteiger partial charge in [0.25, 0.3) is 0 Å². The van der Waals surface area contributed by atoms with Gasteiger partial charge in [-0.1, -0.05) is 36.8 Å². The van der Waals surface area contributed by atoms with Crippen LogP contribution in [0.25, 0.3) is 0 Å². The summed E-state index contributed by atoms with van der Waals surface area (Å²) in [6.45, 7) is 4.51. The van der Waals surface area contributed by atoms with Crippen molar-refractivity contribution < 1.29 is 5.11 Å². The molecule has 0 saturated heterocycles. The molecule has 0 aliphatic heterocycles. The lowest BCUT2D eigenvalue weighted by molar-refractivity contribution is 0.228. The first-order valence-corrected chi connectivity index (χ1v) is 5.38. The molecule has 0 aromatic heterocycles. The first kappa shape index (κ1) is 11.3. The van der Waals surface area contributed by atoms with Gasteiger partial charge in [0, 0.05) is 6.61 Å². The highest BCUT2D eigenvalue weighted by atomic mass is 16.3. The molecule has 1 atom stereocenters. The van der Waals surface area contributed by atoms with Gasteiger partial charge in [0.2, 0.25) is 0 Å². The molecule has 1 heteroatoms. The molecule has 0 aliphatic carbocycles. The van der Waals surface area contributed by atoms with Crippen LogP contribution in [0.5, 0.6) is 0 Å². The summed E-state index contributed by atoms with van der Waals surface area (Å²) in [5.74, 6) is 0.445. The Morgan fingerprint density at radius 1 is 1.21 bits per heavy atom. The van der Waals surface area contributed by atoms with Crippen molar-refractivity contribution in [3.05, 3.63) is 35.4 Å². The molecule has 0 amide bonds. The largest absolute Gasteiger partial charge is 0.396 e. The summed E-state index contributed by atoms with van der Waals surface area (Å²) in [6, 6.07) is 8.70. The van der Waals surface area contributed by atoms with Crippen LogP contribution in [0.15, 0.2) is 24.3 Å². The molecule has 0 heterocycles. The van der Waals surface area contributed by atoms with Gasteiger partial charge in [0.05, 0.1) is 0 Å². The number of hydrogen-bond donors (Lipinski definition) is 1. The van der Waals surface area contributed by atoms with Crippen LogP contribution in [-0.4, -0.2) is 11.7 Å². The molecule has 1 aromatic rings. The maximum absolute atomic E-state index is 8.87. The van der Waals surface area contributed by atoms with Gasteiger partial charge in [-0.2, -0.15) is 0 Å². The number of aliphatic hydroxyl groups excluding tert-OH is 1. The van der Waals surface area contributed by atoms with Crippen molar-refractivity contribution in [3.8, 4) is 0 Å². The topological polar surface area (TPSA) is 20.2 Å². The number of rotatable bonds is 5. The zero-order valence-corrected chi connectivity index (χ0v) is 9.16. The third-order valence-corrected chi connectivity index (χ3v) is 2.59. The first-order valence-electron chi connectivity index (χ1n) is 5.38. The van der Waals surface area contributed by atoms with Gasteiger partial charge in [-0.3, -0.25) is 0 Å². The maximum Gasteiger partial charge on any atom is 0.0456 e. The van der Waals surface area contributed by atoms with Gasteiger partial charge < -0.3 is 5.11 Å². The van der Waals surface area contributed by atoms with E-state index >= 15 is 0 Å². The van der Waals surface area contributed by atoms with E-state index in [2.05, 4.69) is 38.1 Å². The molecule has 1 rings (SSSR count). The highest BCUT2D eigenvalue weighted by molar-refractivity contribution is 5.21. The molecule has 0 fully saturated rings. The fourth-order valence-electron chi connectivity index (χ4n) is 1.50. The Labute approximate surface area is 86.8 Å². The quantitative estimate of drug-likeness (QED) is 0.760. The minimum absolute atomic E-state index is 0.313. The number of aliphatic hydroxyl groups is 1. The molecule has 0 saturated carbocycles. The Hall–Kier alpha value is -0.820. The normalized spacial score (nSPS) is 12.8. The van der Waals surface area contributed by atoms with Crippen LogP contribution in [0.1, 0.15) is 30.9 Å². The van der Waals surface area contributed by atoms with Crippen molar-refractivity contribution in [2.45, 2.75) is 33.1 Å². The smallest absolute Gasteiger partial charge is 0.0456 e. The Bertz CT molecular complexity index is 250. The van der Waals surface area contributed by atoms with Crippen LogP contribution >= 0.6 is 0 Å². The molecule has 14 heavy (non-hydrogen) atoms. The highest BCUT2D eigenvalue weighted by Crippen LogP contribution is 2.10. The molecule has 0 spiro atoms. The highest BCUT2D eigenvalue weighted by Gasteiger charge is 1.99. The van der Waals surface area contributed by atoms with Crippen molar-refractivity contribution in [2.24, 2.45) is 5.92 Å². The van der Waals surface area contributed by atoms with Crippen LogP contribution < -0.4 is 0 Å². The lowest BCUT2D eigenvalue weighted by Gasteiger charge is -2.07. The molecule has 1 N–H and O–H groups in total. The van der Waals surface area contributed by atoms with E-state index in [0.717, 1.165) is 12.8 Å². The van der Waals surface area contributed by atoms with Gasteiger partial charge >= 0.3 is 0 Å². The van der Waals surface area contributed by atoms with Gasteiger partial charge in [-0.25, -0.2) is 0 Å². The summed E-state index contributed by atoms with van der Waals surface area (Å²) >= 11 is 0. The SMILES string of the molecule is Cc1ccc(CCC[C@H](C)CO)cc1. The van der Waals surface area contributed by atoms with E-state index in [0.29, 0.717) is 12.5 Å². The number of aryl methyl sites for hydroxylation is 2. The summed E-state index contributed by atoms with van der Waals surface area (Å²) in [6.07, 6.45) is 3.42. The molecule has 1 aromatic carbocycles. The van der Waals surface area contributed by atoms with Gasteiger partial charge in [0.15, 0.2) is 0 Å². The van der Waals surface area contributed by atoms with Gasteiger partial charge in [-0.05, 0) is 37.7 Å². The van der Waals surface area contributed by atoms with Crippen molar-refractivity contribution in [1.82, 2.24) is 0 Å². The van der Waals surface area contributed by atoms with Crippen LogP contribution in [0.4, 0.5) is 0 Å². The predicted octanol–water partition coefficient (Wildman–Crippen LogP) is 2.95. The molecule has 78 valence electrons. The average Bonchev–Trinajstić information content (AvgIpc) is 2.21. The minimum atomic E-state index is 0.313. The van der Waals surface area contributed by atoms with Crippen molar-refractivity contribution >= 4 is 0 Å². The van der Waals surface area contributed by atoms with E-state index in [9.17, 15) is 0 Å². The Balaban J connectivity index is 2.28. The summed E-state index contributed by atoms with van der Waals surface area (Å²) in [5, 5.41) is 8.87. The zero-order valence-electron chi connectivity index (χ0n) is 9.16. The number of hydrogen-bond acceptors (Lipinski definition) is 1. The monoisotopic (exact) mass is 192 g/mol. The van der Waals surface area contributed by atoms with E-state index in [-0.39, 0.29) is 0 Å². The molecular formula is C13H20O. The summed E-state index contributed by atoms with van der Waals surface area (Å²) in [7, 11) is 0.